The Labute approximate surface area is 141 Å². The fourth-order valence-corrected chi connectivity index (χ4v) is 4.37. The van der Waals surface area contributed by atoms with Gasteiger partial charge in [0.1, 0.15) is 0 Å². The highest BCUT2D eigenvalue weighted by Crippen LogP contribution is 2.41. The Morgan fingerprint density at radius 2 is 1.91 bits per heavy atom. The van der Waals surface area contributed by atoms with Gasteiger partial charge in [0.05, 0.1) is 12.0 Å². The molecule has 1 heterocycles. The molecule has 2 unspecified atom stereocenters. The van der Waals surface area contributed by atoms with E-state index in [1.54, 1.807) is 16.7 Å². The Morgan fingerprint density at radius 3 is 2.65 bits per heavy atom. The van der Waals surface area contributed by atoms with E-state index in [1.165, 1.54) is 4.90 Å². The number of thioether (sulfide) groups is 1. The van der Waals surface area contributed by atoms with Crippen molar-refractivity contribution in [1.29, 1.82) is 0 Å². The van der Waals surface area contributed by atoms with E-state index in [2.05, 4.69) is 12.1 Å². The van der Waals surface area contributed by atoms with Crippen LogP contribution in [0.15, 0.2) is 59.5 Å². The molecule has 3 rings (SSSR count). The van der Waals surface area contributed by atoms with Crippen molar-refractivity contribution in [1.82, 2.24) is 4.90 Å². The fourth-order valence-electron chi connectivity index (χ4n) is 3.15. The van der Waals surface area contributed by atoms with Crippen LogP contribution in [0.2, 0.25) is 0 Å². The molecule has 2 atom stereocenters. The van der Waals surface area contributed by atoms with Crippen molar-refractivity contribution in [2.45, 2.75) is 23.3 Å². The van der Waals surface area contributed by atoms with E-state index in [1.807, 2.05) is 49.5 Å². The Balaban J connectivity index is 1.83. The van der Waals surface area contributed by atoms with Crippen LogP contribution < -0.4 is 0 Å². The number of amides is 1. The molecule has 3 nitrogen and oxygen atoms in total. The van der Waals surface area contributed by atoms with Gasteiger partial charge in [-0.25, -0.2) is 0 Å². The largest absolute Gasteiger partial charge is 0.396 e. The monoisotopic (exact) mass is 327 g/mol. The van der Waals surface area contributed by atoms with E-state index in [0.29, 0.717) is 6.42 Å². The third-order valence-corrected chi connectivity index (χ3v) is 5.58. The minimum atomic E-state index is -0.0916. The summed E-state index contributed by atoms with van der Waals surface area (Å²) in [7, 11) is 1.85. The number of hydrogen-bond acceptors (Lipinski definition) is 3. The first-order valence-corrected chi connectivity index (χ1v) is 8.85. The summed E-state index contributed by atoms with van der Waals surface area (Å²) in [5, 5.41) is 9.41. The maximum atomic E-state index is 13.0. The Hall–Kier alpha value is -1.78. The predicted octanol–water partition coefficient (Wildman–Crippen LogP) is 3.46. The third kappa shape index (κ3) is 3.28. The van der Waals surface area contributed by atoms with E-state index in [-0.39, 0.29) is 24.5 Å². The number of benzene rings is 2. The summed E-state index contributed by atoms with van der Waals surface area (Å²) < 4.78 is 0. The maximum Gasteiger partial charge on any atom is 0.231 e. The summed E-state index contributed by atoms with van der Waals surface area (Å²) in [6.07, 6.45) is 0.549. The molecule has 0 aromatic heterocycles. The highest BCUT2D eigenvalue weighted by Gasteiger charge is 2.33. The molecular formula is C19H21NO2S. The van der Waals surface area contributed by atoms with Crippen LogP contribution >= 0.6 is 11.8 Å². The van der Waals surface area contributed by atoms with Gasteiger partial charge in [-0.2, -0.15) is 0 Å². The number of aliphatic hydroxyl groups excluding tert-OH is 1. The van der Waals surface area contributed by atoms with E-state index in [9.17, 15) is 9.90 Å². The molecule has 4 heteroatoms. The summed E-state index contributed by atoms with van der Waals surface area (Å²) in [6, 6.07) is 18.0. The zero-order valence-electron chi connectivity index (χ0n) is 13.2. The number of likely N-dealkylation sites (N-methyl/N-ethyl adjacent to an activating group) is 1. The number of hydrogen-bond donors (Lipinski definition) is 1. The van der Waals surface area contributed by atoms with Gasteiger partial charge in [-0.15, -0.1) is 11.8 Å². The van der Waals surface area contributed by atoms with Crippen molar-refractivity contribution in [2.75, 3.05) is 19.4 Å². The van der Waals surface area contributed by atoms with Crippen molar-refractivity contribution in [3.05, 3.63) is 65.7 Å². The third-order valence-electron chi connectivity index (χ3n) is 4.40. The normalized spacial score (nSPS) is 17.6. The lowest BCUT2D eigenvalue weighted by molar-refractivity contribution is -0.133. The molecule has 0 spiro atoms. The number of nitrogens with zero attached hydrogens (tertiary/aromatic N) is 1. The molecule has 1 aliphatic rings. The number of aliphatic hydroxyl groups is 1. The molecule has 0 fully saturated rings. The number of rotatable bonds is 5. The minimum absolute atomic E-state index is 0.0627. The molecule has 1 aliphatic heterocycles. The molecule has 0 aliphatic carbocycles. The van der Waals surface area contributed by atoms with Crippen LogP contribution in [0.5, 0.6) is 0 Å². The van der Waals surface area contributed by atoms with E-state index < -0.39 is 0 Å². The quantitative estimate of drug-likeness (QED) is 0.914. The number of carbonyl (C=O) groups is 1. The summed E-state index contributed by atoms with van der Waals surface area (Å²) in [4.78, 5) is 16.0. The van der Waals surface area contributed by atoms with Crippen LogP contribution in [-0.4, -0.2) is 35.3 Å². The summed E-state index contributed by atoms with van der Waals surface area (Å²) in [6.45, 7) is 0.0627. The Bertz CT molecular complexity index is 674. The summed E-state index contributed by atoms with van der Waals surface area (Å²) in [5.74, 6) is 0.833. The van der Waals surface area contributed by atoms with Gasteiger partial charge in [-0.05, 0) is 23.6 Å². The second-order valence-corrected chi connectivity index (χ2v) is 6.85. The zero-order valence-corrected chi connectivity index (χ0v) is 14.0. The highest BCUT2D eigenvalue weighted by molar-refractivity contribution is 7.99. The van der Waals surface area contributed by atoms with Gasteiger partial charge in [-0.1, -0.05) is 48.5 Å². The highest BCUT2D eigenvalue weighted by atomic mass is 32.2. The lowest BCUT2D eigenvalue weighted by Gasteiger charge is -2.30. The first-order valence-electron chi connectivity index (χ1n) is 7.86. The lowest BCUT2D eigenvalue weighted by atomic mass is 9.97. The van der Waals surface area contributed by atoms with Crippen molar-refractivity contribution in [2.24, 2.45) is 0 Å². The SMILES string of the molecule is CN(C(=O)C1CSc2ccccc21)C(CCO)c1ccccc1. The van der Waals surface area contributed by atoms with Gasteiger partial charge in [0.25, 0.3) is 0 Å². The minimum Gasteiger partial charge on any atom is -0.396 e. The molecule has 1 amide bonds. The fraction of sp³-hybridized carbons (Fsp3) is 0.316. The molecule has 1 N–H and O–H groups in total. The van der Waals surface area contributed by atoms with Crippen LogP contribution in [-0.2, 0) is 4.79 Å². The van der Waals surface area contributed by atoms with E-state index >= 15 is 0 Å². The maximum absolute atomic E-state index is 13.0. The summed E-state index contributed by atoms with van der Waals surface area (Å²) in [5.41, 5.74) is 2.20. The van der Waals surface area contributed by atoms with Crippen molar-refractivity contribution in [3.63, 3.8) is 0 Å². The number of fused-ring (bicyclic) bond motifs is 1. The first-order chi connectivity index (χ1) is 11.2. The van der Waals surface area contributed by atoms with Crippen LogP contribution in [0.25, 0.3) is 0 Å². The standard InChI is InChI=1S/C19H21NO2S/c1-20(17(11-12-21)14-7-3-2-4-8-14)19(22)16-13-23-18-10-6-5-9-15(16)18/h2-10,16-17,21H,11-13H2,1H3. The van der Waals surface area contributed by atoms with Gasteiger partial charge in [0, 0.05) is 24.3 Å². The van der Waals surface area contributed by atoms with Crippen molar-refractivity contribution in [3.8, 4) is 0 Å². The smallest absolute Gasteiger partial charge is 0.231 e. The lowest BCUT2D eigenvalue weighted by Crippen LogP contribution is -2.35. The Kier molecular flexibility index (Phi) is 5.03. The van der Waals surface area contributed by atoms with Gasteiger partial charge < -0.3 is 10.0 Å². The molecule has 120 valence electrons. The average molecular weight is 327 g/mol. The van der Waals surface area contributed by atoms with Crippen LogP contribution in [0, 0.1) is 0 Å². The van der Waals surface area contributed by atoms with Crippen LogP contribution in [0.3, 0.4) is 0 Å². The van der Waals surface area contributed by atoms with Crippen LogP contribution in [0.4, 0.5) is 0 Å². The topological polar surface area (TPSA) is 40.5 Å². The molecule has 0 saturated heterocycles. The van der Waals surface area contributed by atoms with Gasteiger partial charge >= 0.3 is 0 Å². The Morgan fingerprint density at radius 1 is 1.22 bits per heavy atom. The van der Waals surface area contributed by atoms with Crippen molar-refractivity contribution >= 4 is 17.7 Å². The summed E-state index contributed by atoms with van der Waals surface area (Å²) >= 11 is 1.75. The molecule has 2 aromatic carbocycles. The van der Waals surface area contributed by atoms with Crippen molar-refractivity contribution < 1.29 is 9.90 Å². The van der Waals surface area contributed by atoms with Gasteiger partial charge in [0.2, 0.25) is 5.91 Å². The molecular weight excluding hydrogens is 306 g/mol. The second kappa shape index (κ2) is 7.20. The number of carbonyl (C=O) groups excluding carboxylic acids is 1. The molecule has 0 saturated carbocycles. The molecule has 0 radical (unpaired) electrons. The first kappa shape index (κ1) is 16.1. The van der Waals surface area contributed by atoms with E-state index in [4.69, 9.17) is 0 Å². The average Bonchev–Trinajstić information content (AvgIpc) is 3.03. The predicted molar refractivity (Wildman–Crippen MR) is 93.6 cm³/mol. The van der Waals surface area contributed by atoms with Gasteiger partial charge in [0.15, 0.2) is 0 Å². The molecule has 2 aromatic rings. The van der Waals surface area contributed by atoms with Gasteiger partial charge in [-0.3, -0.25) is 4.79 Å². The molecule has 23 heavy (non-hydrogen) atoms. The van der Waals surface area contributed by atoms with E-state index in [0.717, 1.165) is 16.9 Å². The van der Waals surface area contributed by atoms with Crippen LogP contribution in [0.1, 0.15) is 29.5 Å². The molecule has 0 bridgehead atoms. The zero-order chi connectivity index (χ0) is 16.2. The second-order valence-electron chi connectivity index (χ2n) is 5.79.